The minimum absolute atomic E-state index is 0.0198. The molecule has 258 valence electrons. The molecule has 0 spiro atoms. The molecular weight excluding hydrogens is 640 g/mol. The van der Waals surface area contributed by atoms with Crippen LogP contribution in [-0.4, -0.2) is 24.9 Å². The standard InChI is InChI=1S/C41H46F3N3OS/c1-7-10-25-47(6)33-19-17-30(38(48)26-33)18-20-34-21-22-35(49-34)23-24-37(40(5,41(42,43)44)32-15-12-11-13-16-32)39(29(4)9-3)36(14-8-2)31(27-45)28-46/h11-13,15-24,26,29,48H,7-10,14,25H2,1-6H3/b20-18+,24-23+,39-37-. The van der Waals surface area contributed by atoms with Gasteiger partial charge in [-0.15, -0.1) is 11.3 Å². The molecule has 0 radical (unpaired) electrons. The number of alkyl halides is 3. The summed E-state index contributed by atoms with van der Waals surface area (Å²) >= 11 is 1.41. The number of nitrogens with zero attached hydrogens (tertiary/aromatic N) is 3. The van der Waals surface area contributed by atoms with Crippen molar-refractivity contribution in [2.75, 3.05) is 18.5 Å². The molecule has 49 heavy (non-hydrogen) atoms. The van der Waals surface area contributed by atoms with E-state index in [0.717, 1.165) is 34.8 Å². The normalized spacial score (nSPS) is 14.2. The maximum atomic E-state index is 15.5. The van der Waals surface area contributed by atoms with Crippen LogP contribution in [0.15, 0.2) is 89.0 Å². The fraction of sp³-hybridized carbons (Fsp3) is 0.366. The average molecular weight is 686 g/mol. The molecule has 0 aliphatic carbocycles. The highest BCUT2D eigenvalue weighted by molar-refractivity contribution is 7.13. The first-order valence-electron chi connectivity index (χ1n) is 16.8. The van der Waals surface area contributed by atoms with E-state index in [4.69, 9.17) is 0 Å². The Balaban J connectivity index is 2.18. The Morgan fingerprint density at radius 3 is 2.14 bits per heavy atom. The predicted octanol–water partition coefficient (Wildman–Crippen LogP) is 11.9. The molecule has 8 heteroatoms. The molecule has 0 aliphatic rings. The first kappa shape index (κ1) is 38.9. The third kappa shape index (κ3) is 9.34. The molecule has 4 nitrogen and oxygen atoms in total. The van der Waals surface area contributed by atoms with E-state index in [-0.39, 0.29) is 28.4 Å². The number of thiophene rings is 1. The first-order valence-corrected chi connectivity index (χ1v) is 17.6. The van der Waals surface area contributed by atoms with Gasteiger partial charge in [0.05, 0.1) is 0 Å². The molecule has 1 N–H and O–H groups in total. The van der Waals surface area contributed by atoms with Gasteiger partial charge >= 0.3 is 6.18 Å². The van der Waals surface area contributed by atoms with Crippen molar-refractivity contribution >= 4 is 35.3 Å². The SMILES string of the molecule is CCCCN(C)c1ccc(/C=C/c2ccc(/C=C/C(=C(/C(CCC)=C(C#N)C#N)C(C)CC)C(C)(c3ccccc3)C(F)(F)F)s2)c(O)c1. The molecule has 0 saturated carbocycles. The summed E-state index contributed by atoms with van der Waals surface area (Å²) in [5, 5.41) is 30.5. The van der Waals surface area contributed by atoms with Crippen LogP contribution in [0.1, 0.15) is 87.6 Å². The summed E-state index contributed by atoms with van der Waals surface area (Å²) in [7, 11) is 2.00. The molecule has 0 amide bonds. The third-order valence-corrected chi connectivity index (χ3v) is 10.0. The van der Waals surface area contributed by atoms with Crippen LogP contribution in [0.5, 0.6) is 5.75 Å². The molecule has 0 fully saturated rings. The highest BCUT2D eigenvalue weighted by Gasteiger charge is 2.55. The van der Waals surface area contributed by atoms with Gasteiger partial charge in [0, 0.05) is 40.7 Å². The van der Waals surface area contributed by atoms with Gasteiger partial charge in [-0.25, -0.2) is 0 Å². The number of aromatic hydroxyl groups is 1. The van der Waals surface area contributed by atoms with E-state index in [0.29, 0.717) is 36.0 Å². The molecule has 0 aliphatic heterocycles. The highest BCUT2D eigenvalue weighted by Crippen LogP contribution is 2.50. The fourth-order valence-corrected chi connectivity index (χ4v) is 6.64. The van der Waals surface area contributed by atoms with Crippen LogP contribution in [0.4, 0.5) is 18.9 Å². The number of hydrogen-bond donors (Lipinski definition) is 1. The Hall–Kier alpha value is -4.53. The van der Waals surface area contributed by atoms with Gasteiger partial charge in [0.15, 0.2) is 0 Å². The van der Waals surface area contributed by atoms with Gasteiger partial charge in [-0.05, 0) is 96.9 Å². The van der Waals surface area contributed by atoms with Gasteiger partial charge in [0.1, 0.15) is 28.9 Å². The van der Waals surface area contributed by atoms with Crippen LogP contribution in [0.2, 0.25) is 0 Å². The van der Waals surface area contributed by atoms with Gasteiger partial charge in [-0.1, -0.05) is 76.9 Å². The van der Waals surface area contributed by atoms with E-state index in [1.54, 1.807) is 30.3 Å². The summed E-state index contributed by atoms with van der Waals surface area (Å²) in [6.07, 6.45) is 5.73. The second kappa shape index (κ2) is 17.7. The van der Waals surface area contributed by atoms with Gasteiger partial charge in [-0.2, -0.15) is 23.7 Å². The van der Waals surface area contributed by atoms with Gasteiger partial charge in [0.25, 0.3) is 0 Å². The van der Waals surface area contributed by atoms with Gasteiger partial charge in [0.2, 0.25) is 0 Å². The summed E-state index contributed by atoms with van der Waals surface area (Å²) in [4.78, 5) is 3.70. The van der Waals surface area contributed by atoms with Gasteiger partial charge in [-0.3, -0.25) is 0 Å². The zero-order valence-electron chi connectivity index (χ0n) is 29.2. The number of halogens is 3. The Labute approximate surface area is 293 Å². The second-order valence-electron chi connectivity index (χ2n) is 12.4. The van der Waals surface area contributed by atoms with Crippen molar-refractivity contribution in [1.29, 1.82) is 10.5 Å². The van der Waals surface area contributed by atoms with Crippen LogP contribution < -0.4 is 4.90 Å². The van der Waals surface area contributed by atoms with Crippen molar-refractivity contribution in [2.45, 2.75) is 78.3 Å². The molecular formula is C41H46F3N3OS. The molecule has 2 aromatic carbocycles. The largest absolute Gasteiger partial charge is 0.507 e. The molecule has 1 aromatic heterocycles. The summed E-state index contributed by atoms with van der Waals surface area (Å²) in [6, 6.07) is 21.1. The zero-order valence-corrected chi connectivity index (χ0v) is 30.1. The number of hydrogen-bond acceptors (Lipinski definition) is 5. The van der Waals surface area contributed by atoms with Crippen LogP contribution in [0.3, 0.4) is 0 Å². The second-order valence-corrected chi connectivity index (χ2v) is 13.5. The van der Waals surface area contributed by atoms with E-state index in [2.05, 4.69) is 11.8 Å². The van der Waals surface area contributed by atoms with E-state index in [9.17, 15) is 15.6 Å². The highest BCUT2D eigenvalue weighted by atomic mass is 32.1. The molecule has 3 rings (SSSR count). The minimum Gasteiger partial charge on any atom is -0.507 e. The maximum Gasteiger partial charge on any atom is 0.402 e. The third-order valence-electron chi connectivity index (χ3n) is 8.99. The molecule has 1 heterocycles. The minimum atomic E-state index is -4.70. The lowest BCUT2D eigenvalue weighted by Gasteiger charge is -2.37. The van der Waals surface area contributed by atoms with Crippen LogP contribution >= 0.6 is 11.3 Å². The average Bonchev–Trinajstić information content (AvgIpc) is 3.55. The van der Waals surface area contributed by atoms with Crippen molar-refractivity contribution in [1.82, 2.24) is 0 Å². The number of rotatable bonds is 15. The number of nitriles is 2. The van der Waals surface area contributed by atoms with E-state index in [1.807, 2.05) is 76.4 Å². The Morgan fingerprint density at radius 2 is 1.59 bits per heavy atom. The molecule has 0 bridgehead atoms. The van der Waals surface area contributed by atoms with Crippen LogP contribution in [0.25, 0.3) is 18.2 Å². The van der Waals surface area contributed by atoms with Crippen molar-refractivity contribution in [3.63, 3.8) is 0 Å². The Morgan fingerprint density at radius 1 is 0.939 bits per heavy atom. The number of phenolic OH excluding ortho intramolecular Hbond substituents is 1. The van der Waals surface area contributed by atoms with E-state index >= 15 is 13.2 Å². The van der Waals surface area contributed by atoms with Gasteiger partial charge < -0.3 is 10.0 Å². The number of unbranched alkanes of at least 4 members (excludes halogenated alkanes) is 1. The zero-order chi connectivity index (χ0) is 36.2. The smallest absolute Gasteiger partial charge is 0.402 e. The summed E-state index contributed by atoms with van der Waals surface area (Å²) in [5.74, 6) is -0.200. The van der Waals surface area contributed by atoms with Crippen LogP contribution in [0, 0.1) is 28.6 Å². The summed E-state index contributed by atoms with van der Waals surface area (Å²) < 4.78 is 46.5. The van der Waals surface area contributed by atoms with Crippen LogP contribution in [-0.2, 0) is 5.41 Å². The summed E-state index contributed by atoms with van der Waals surface area (Å²) in [6.45, 7) is 9.86. The van der Waals surface area contributed by atoms with Crippen molar-refractivity contribution in [3.05, 3.63) is 110 Å². The number of allylic oxidation sites excluding steroid dienone is 5. The molecule has 0 saturated heterocycles. The molecule has 3 aromatic rings. The number of benzene rings is 2. The van der Waals surface area contributed by atoms with E-state index in [1.165, 1.54) is 36.5 Å². The maximum absolute atomic E-state index is 15.5. The lowest BCUT2D eigenvalue weighted by molar-refractivity contribution is -0.173. The van der Waals surface area contributed by atoms with Crippen molar-refractivity contribution in [3.8, 4) is 17.9 Å². The number of anilines is 1. The monoisotopic (exact) mass is 685 g/mol. The number of phenols is 1. The quantitative estimate of drug-likeness (QED) is 0.128. The first-order chi connectivity index (χ1) is 23.4. The summed E-state index contributed by atoms with van der Waals surface area (Å²) in [5.41, 5.74) is -0.157. The Kier molecular flexibility index (Phi) is 14.1. The van der Waals surface area contributed by atoms with E-state index < -0.39 is 11.6 Å². The molecule has 2 unspecified atom stereocenters. The lowest BCUT2D eigenvalue weighted by atomic mass is 9.69. The Bertz CT molecular complexity index is 1750. The topological polar surface area (TPSA) is 71.0 Å². The fourth-order valence-electron chi connectivity index (χ4n) is 5.82. The van der Waals surface area contributed by atoms with Crippen molar-refractivity contribution < 1.29 is 18.3 Å². The van der Waals surface area contributed by atoms with Crippen molar-refractivity contribution in [2.24, 2.45) is 5.92 Å². The lowest BCUT2D eigenvalue weighted by Crippen LogP contribution is -2.42. The predicted molar refractivity (Wildman–Crippen MR) is 198 cm³/mol. The molecule has 2 atom stereocenters.